The molecule has 0 radical (unpaired) electrons. The Labute approximate surface area is 61.1 Å². The van der Waals surface area contributed by atoms with Crippen LogP contribution in [0.4, 0.5) is 0 Å². The van der Waals surface area contributed by atoms with E-state index in [0.717, 1.165) is 6.42 Å². The van der Waals surface area contributed by atoms with Crippen LogP contribution in [0.1, 0.15) is 20.3 Å². The molecule has 0 saturated carbocycles. The molecule has 1 unspecified atom stereocenters. The summed E-state index contributed by atoms with van der Waals surface area (Å²) in [5, 5.41) is 8.45. The third-order valence-electron chi connectivity index (χ3n) is 1.18. The van der Waals surface area contributed by atoms with E-state index in [2.05, 4.69) is 6.07 Å². The first-order valence-electron chi connectivity index (χ1n) is 3.08. The monoisotopic (exact) mass is 146 g/mol. The van der Waals surface area contributed by atoms with Gasteiger partial charge >= 0.3 is 0 Å². The Morgan fingerprint density at radius 1 is 1.67 bits per heavy atom. The second-order valence-electron chi connectivity index (χ2n) is 1.77. The first-order valence-corrected chi connectivity index (χ1v) is 3.42. The van der Waals surface area contributed by atoms with Gasteiger partial charge in [0.25, 0.3) is 0 Å². The van der Waals surface area contributed by atoms with Gasteiger partial charge in [0.2, 0.25) is 0 Å². The molecule has 0 aromatic carbocycles. The zero-order valence-electron chi connectivity index (χ0n) is 5.76. The van der Waals surface area contributed by atoms with Crippen molar-refractivity contribution in [3.63, 3.8) is 0 Å². The van der Waals surface area contributed by atoms with Crippen molar-refractivity contribution in [2.24, 2.45) is 0 Å². The maximum atomic E-state index is 8.45. The van der Waals surface area contributed by atoms with Gasteiger partial charge in [-0.3, -0.25) is 0 Å². The lowest BCUT2D eigenvalue weighted by atomic mass is 10.2. The molecular weight excluding hydrogens is 136 g/mol. The van der Waals surface area contributed by atoms with Crippen molar-refractivity contribution >= 4 is 11.8 Å². The molecule has 52 valence electrons. The molecule has 0 amide bonds. The molecule has 1 atom stereocenters. The molecule has 9 heavy (non-hydrogen) atoms. The Morgan fingerprint density at radius 2 is 2.22 bits per heavy atom. The minimum atomic E-state index is -0.128. The zero-order valence-corrected chi connectivity index (χ0v) is 6.52. The van der Waals surface area contributed by atoms with Crippen LogP contribution in [0, 0.1) is 11.3 Å². The van der Waals surface area contributed by atoms with Crippen LogP contribution in [0.15, 0.2) is 0 Å². The lowest BCUT2D eigenvalue weighted by Gasteiger charge is -2.14. The highest BCUT2D eigenvalue weighted by molar-refractivity contribution is 6.13. The normalized spacial score (nSPS) is 13.2. The van der Waals surface area contributed by atoms with E-state index in [0.29, 0.717) is 6.54 Å². The molecule has 3 heteroatoms. The predicted octanol–water partition coefficient (Wildman–Crippen LogP) is 1.76. The summed E-state index contributed by atoms with van der Waals surface area (Å²) in [4.78, 5) is 0. The molecule has 2 nitrogen and oxygen atoms in total. The quantitative estimate of drug-likeness (QED) is 0.568. The third-order valence-corrected chi connectivity index (χ3v) is 1.65. The van der Waals surface area contributed by atoms with E-state index < -0.39 is 0 Å². The average molecular weight is 147 g/mol. The van der Waals surface area contributed by atoms with Gasteiger partial charge < -0.3 is 0 Å². The summed E-state index contributed by atoms with van der Waals surface area (Å²) >= 11 is 5.64. The molecule has 0 aliphatic rings. The minimum absolute atomic E-state index is 0.128. The largest absolute Gasteiger partial charge is 0.203 e. The van der Waals surface area contributed by atoms with Gasteiger partial charge in [-0.2, -0.15) is 5.26 Å². The van der Waals surface area contributed by atoms with Crippen LogP contribution in [0.5, 0.6) is 0 Å². The Hall–Kier alpha value is -0.260. The SMILES string of the molecule is CCC(C#N)N(Cl)CC. The maximum absolute atomic E-state index is 8.45. The summed E-state index contributed by atoms with van der Waals surface area (Å²) < 4.78 is 1.51. The van der Waals surface area contributed by atoms with Crippen molar-refractivity contribution in [2.45, 2.75) is 26.3 Å². The third kappa shape index (κ3) is 2.69. The molecule has 0 aliphatic heterocycles. The number of hydrogen-bond donors (Lipinski definition) is 0. The Bertz CT molecular complexity index is 108. The van der Waals surface area contributed by atoms with Crippen molar-refractivity contribution in [1.82, 2.24) is 4.42 Å². The second kappa shape index (κ2) is 4.60. The number of hydrogen-bond acceptors (Lipinski definition) is 2. The van der Waals surface area contributed by atoms with Crippen molar-refractivity contribution in [2.75, 3.05) is 6.54 Å². The predicted molar refractivity (Wildman–Crippen MR) is 37.9 cm³/mol. The molecular formula is C6H11ClN2. The van der Waals surface area contributed by atoms with Crippen LogP contribution in [-0.2, 0) is 0 Å². The van der Waals surface area contributed by atoms with Gasteiger partial charge in [-0.05, 0) is 18.2 Å². The zero-order chi connectivity index (χ0) is 7.28. The lowest BCUT2D eigenvalue weighted by Crippen LogP contribution is -2.24. The first kappa shape index (κ1) is 8.74. The average Bonchev–Trinajstić information content (AvgIpc) is 1.90. The fourth-order valence-electron chi connectivity index (χ4n) is 0.572. The highest BCUT2D eigenvalue weighted by Crippen LogP contribution is 2.04. The molecule has 0 aliphatic carbocycles. The molecule has 0 rings (SSSR count). The van der Waals surface area contributed by atoms with Gasteiger partial charge in [-0.15, -0.1) is 0 Å². The summed E-state index contributed by atoms with van der Waals surface area (Å²) in [7, 11) is 0. The van der Waals surface area contributed by atoms with Crippen molar-refractivity contribution < 1.29 is 0 Å². The van der Waals surface area contributed by atoms with Crippen LogP contribution in [0.25, 0.3) is 0 Å². The first-order chi connectivity index (χ1) is 4.26. The van der Waals surface area contributed by atoms with E-state index in [-0.39, 0.29) is 6.04 Å². The van der Waals surface area contributed by atoms with Gasteiger partial charge in [0.1, 0.15) is 6.04 Å². The Kier molecular flexibility index (Phi) is 4.47. The van der Waals surface area contributed by atoms with E-state index in [4.69, 9.17) is 17.0 Å². The fourth-order valence-corrected chi connectivity index (χ4v) is 0.754. The topological polar surface area (TPSA) is 27.0 Å². The van der Waals surface area contributed by atoms with Gasteiger partial charge in [0.15, 0.2) is 0 Å². The maximum Gasteiger partial charge on any atom is 0.111 e. The van der Waals surface area contributed by atoms with Crippen molar-refractivity contribution in [3.8, 4) is 6.07 Å². The van der Waals surface area contributed by atoms with E-state index in [1.54, 1.807) is 0 Å². The van der Waals surface area contributed by atoms with Crippen LogP contribution < -0.4 is 0 Å². The van der Waals surface area contributed by atoms with Gasteiger partial charge in [-0.25, -0.2) is 4.42 Å². The number of nitriles is 1. The second-order valence-corrected chi connectivity index (χ2v) is 2.20. The van der Waals surface area contributed by atoms with Crippen LogP contribution in [0.3, 0.4) is 0 Å². The summed E-state index contributed by atoms with van der Waals surface area (Å²) in [5.74, 6) is 0. The number of rotatable bonds is 3. The van der Waals surface area contributed by atoms with Gasteiger partial charge in [0, 0.05) is 6.54 Å². The minimum Gasteiger partial charge on any atom is -0.203 e. The van der Waals surface area contributed by atoms with Crippen LogP contribution in [-0.4, -0.2) is 17.0 Å². The van der Waals surface area contributed by atoms with Crippen molar-refractivity contribution in [3.05, 3.63) is 0 Å². The van der Waals surface area contributed by atoms with E-state index >= 15 is 0 Å². The summed E-state index contributed by atoms with van der Waals surface area (Å²) in [5.41, 5.74) is 0. The molecule has 0 saturated heterocycles. The van der Waals surface area contributed by atoms with Crippen LogP contribution >= 0.6 is 11.8 Å². The van der Waals surface area contributed by atoms with E-state index in [9.17, 15) is 0 Å². The smallest absolute Gasteiger partial charge is 0.111 e. The molecule has 0 heterocycles. The molecule has 0 aromatic heterocycles. The lowest BCUT2D eigenvalue weighted by molar-refractivity contribution is 0.407. The Morgan fingerprint density at radius 3 is 2.33 bits per heavy atom. The highest BCUT2D eigenvalue weighted by Gasteiger charge is 2.09. The molecule has 0 aromatic rings. The van der Waals surface area contributed by atoms with Gasteiger partial charge in [-0.1, -0.05) is 13.8 Å². The standard InChI is InChI=1S/C6H11ClN2/c1-3-6(5-8)9(7)4-2/h6H,3-4H2,1-2H3. The van der Waals surface area contributed by atoms with E-state index in [1.807, 2.05) is 13.8 Å². The number of nitrogens with zero attached hydrogens (tertiary/aromatic N) is 2. The molecule has 0 spiro atoms. The van der Waals surface area contributed by atoms with Crippen molar-refractivity contribution in [1.29, 1.82) is 5.26 Å². The summed E-state index contributed by atoms with van der Waals surface area (Å²) in [6.45, 7) is 4.58. The Balaban J connectivity index is 3.68. The summed E-state index contributed by atoms with van der Waals surface area (Å²) in [6.07, 6.45) is 0.786. The number of halogens is 1. The molecule has 0 bridgehead atoms. The summed E-state index contributed by atoms with van der Waals surface area (Å²) in [6, 6.07) is 1.97. The highest BCUT2D eigenvalue weighted by atomic mass is 35.5. The molecule has 0 fully saturated rings. The van der Waals surface area contributed by atoms with Crippen LogP contribution in [0.2, 0.25) is 0 Å². The van der Waals surface area contributed by atoms with Gasteiger partial charge in [0.05, 0.1) is 6.07 Å². The van der Waals surface area contributed by atoms with E-state index in [1.165, 1.54) is 4.42 Å². The molecule has 0 N–H and O–H groups in total. The fraction of sp³-hybridized carbons (Fsp3) is 0.833.